The van der Waals surface area contributed by atoms with Crippen molar-refractivity contribution in [3.8, 4) is 0 Å². The first-order chi connectivity index (χ1) is 6.44. The summed E-state index contributed by atoms with van der Waals surface area (Å²) in [5.74, 6) is 0.794. The van der Waals surface area contributed by atoms with Crippen molar-refractivity contribution in [1.29, 1.82) is 0 Å². The van der Waals surface area contributed by atoms with Crippen molar-refractivity contribution < 1.29 is 14.3 Å². The van der Waals surface area contributed by atoms with Crippen molar-refractivity contribution in [2.75, 3.05) is 12.3 Å². The third-order valence-corrected chi connectivity index (χ3v) is 2.80. The molecule has 1 aliphatic heterocycles. The van der Waals surface area contributed by atoms with Gasteiger partial charge in [0.05, 0.1) is 0 Å². The molecule has 0 N–H and O–H groups in total. The fraction of sp³-hybridized carbons (Fsp3) is 0.778. The molecule has 0 aromatic rings. The number of amides is 1. The highest BCUT2D eigenvalue weighted by Gasteiger charge is 2.32. The Hall–Kier alpha value is -0.710. The molecule has 1 heterocycles. The van der Waals surface area contributed by atoms with Crippen LogP contribution in [0, 0.1) is 0 Å². The molecule has 1 fully saturated rings. The lowest BCUT2D eigenvalue weighted by molar-refractivity contribution is -0.109. The Kier molecular flexibility index (Phi) is 3.42. The van der Waals surface area contributed by atoms with Gasteiger partial charge in [0, 0.05) is 12.3 Å². The van der Waals surface area contributed by atoms with E-state index in [1.807, 2.05) is 20.8 Å². The zero-order valence-corrected chi connectivity index (χ0v) is 9.47. The lowest BCUT2D eigenvalue weighted by Gasteiger charge is -2.25. The van der Waals surface area contributed by atoms with Crippen LogP contribution >= 0.6 is 11.8 Å². The lowest BCUT2D eigenvalue weighted by Crippen LogP contribution is -2.39. The Morgan fingerprint density at radius 3 is 2.71 bits per heavy atom. The highest BCUT2D eigenvalue weighted by molar-refractivity contribution is 8.00. The number of thioether (sulfide) groups is 1. The van der Waals surface area contributed by atoms with E-state index in [0.29, 0.717) is 6.54 Å². The molecule has 80 valence electrons. The van der Waals surface area contributed by atoms with Crippen molar-refractivity contribution in [3.05, 3.63) is 0 Å². The average molecular weight is 217 g/mol. The number of rotatable bonds is 1. The molecular formula is C9H15NO3S. The molecule has 4 nitrogen and oxygen atoms in total. The number of hydrogen-bond acceptors (Lipinski definition) is 4. The first-order valence-corrected chi connectivity index (χ1v) is 5.55. The maximum atomic E-state index is 11.6. The second kappa shape index (κ2) is 4.21. The van der Waals surface area contributed by atoms with Gasteiger partial charge in [-0.05, 0) is 20.8 Å². The SMILES string of the molecule is CC(C)(C)OC(=O)N1CCS[C@@H]1C=O. The van der Waals surface area contributed by atoms with Gasteiger partial charge in [-0.2, -0.15) is 0 Å². The highest BCUT2D eigenvalue weighted by Crippen LogP contribution is 2.23. The summed E-state index contributed by atoms with van der Waals surface area (Å²) in [5, 5.41) is -0.371. The van der Waals surface area contributed by atoms with Crippen molar-refractivity contribution in [2.45, 2.75) is 31.7 Å². The van der Waals surface area contributed by atoms with Crippen LogP contribution in [0.3, 0.4) is 0 Å². The highest BCUT2D eigenvalue weighted by atomic mass is 32.2. The minimum atomic E-state index is -0.502. The summed E-state index contributed by atoms with van der Waals surface area (Å²) in [7, 11) is 0. The van der Waals surface area contributed by atoms with Gasteiger partial charge in [-0.25, -0.2) is 4.79 Å². The molecule has 1 aliphatic rings. The van der Waals surface area contributed by atoms with Crippen molar-refractivity contribution in [3.63, 3.8) is 0 Å². The van der Waals surface area contributed by atoms with E-state index < -0.39 is 11.7 Å². The van der Waals surface area contributed by atoms with Gasteiger partial charge in [-0.15, -0.1) is 11.8 Å². The molecular weight excluding hydrogens is 202 g/mol. The Balaban J connectivity index is 2.56. The fourth-order valence-electron chi connectivity index (χ4n) is 1.12. The molecule has 0 bridgehead atoms. The average Bonchev–Trinajstić information content (AvgIpc) is 2.47. The predicted octanol–water partition coefficient (Wildman–Crippen LogP) is 1.50. The largest absolute Gasteiger partial charge is 0.444 e. The summed E-state index contributed by atoms with van der Waals surface area (Å²) in [6, 6.07) is 0. The maximum absolute atomic E-state index is 11.6. The van der Waals surface area contributed by atoms with Gasteiger partial charge >= 0.3 is 6.09 Å². The van der Waals surface area contributed by atoms with Crippen LogP contribution in [0.4, 0.5) is 4.79 Å². The van der Waals surface area contributed by atoms with E-state index in [1.165, 1.54) is 16.7 Å². The third-order valence-electron chi connectivity index (χ3n) is 1.67. The van der Waals surface area contributed by atoms with E-state index in [9.17, 15) is 9.59 Å². The summed E-state index contributed by atoms with van der Waals surface area (Å²) in [6.07, 6.45) is 0.376. The molecule has 0 unspecified atom stereocenters. The molecule has 0 aromatic heterocycles. The summed E-state index contributed by atoms with van der Waals surface area (Å²) in [4.78, 5) is 23.6. The van der Waals surface area contributed by atoms with E-state index in [4.69, 9.17) is 4.74 Å². The summed E-state index contributed by atoms with van der Waals surface area (Å²) >= 11 is 1.46. The normalized spacial score (nSPS) is 22.2. The van der Waals surface area contributed by atoms with Crippen LogP contribution in [-0.4, -0.2) is 40.6 Å². The van der Waals surface area contributed by atoms with Gasteiger partial charge in [0.15, 0.2) is 6.29 Å². The van der Waals surface area contributed by atoms with Gasteiger partial charge in [-0.1, -0.05) is 0 Å². The molecule has 1 atom stereocenters. The Morgan fingerprint density at radius 2 is 2.21 bits per heavy atom. The van der Waals surface area contributed by atoms with Crippen molar-refractivity contribution in [1.82, 2.24) is 4.90 Å². The van der Waals surface area contributed by atoms with E-state index in [0.717, 1.165) is 12.0 Å². The van der Waals surface area contributed by atoms with Gasteiger partial charge in [0.25, 0.3) is 0 Å². The van der Waals surface area contributed by atoms with Crippen molar-refractivity contribution in [2.24, 2.45) is 0 Å². The molecule has 0 saturated carbocycles. The Labute approximate surface area is 88.0 Å². The predicted molar refractivity (Wildman–Crippen MR) is 55.3 cm³/mol. The standard InChI is InChI=1S/C9H15NO3S/c1-9(2,3)13-8(12)10-4-5-14-7(10)6-11/h6-7H,4-5H2,1-3H3/t7-/m1/s1. The van der Waals surface area contributed by atoms with E-state index >= 15 is 0 Å². The molecule has 1 amide bonds. The number of hydrogen-bond donors (Lipinski definition) is 0. The molecule has 5 heteroatoms. The first-order valence-electron chi connectivity index (χ1n) is 4.50. The molecule has 0 spiro atoms. The molecule has 0 aliphatic carbocycles. The molecule has 0 aromatic carbocycles. The van der Waals surface area contributed by atoms with Gasteiger partial charge < -0.3 is 9.53 Å². The van der Waals surface area contributed by atoms with Crippen LogP contribution in [0.25, 0.3) is 0 Å². The fourth-order valence-corrected chi connectivity index (χ4v) is 2.11. The van der Waals surface area contributed by atoms with Crippen molar-refractivity contribution >= 4 is 24.1 Å². The van der Waals surface area contributed by atoms with Crippen LogP contribution in [0.2, 0.25) is 0 Å². The topological polar surface area (TPSA) is 46.6 Å². The maximum Gasteiger partial charge on any atom is 0.411 e. The van der Waals surface area contributed by atoms with Crippen LogP contribution < -0.4 is 0 Å². The molecule has 14 heavy (non-hydrogen) atoms. The Morgan fingerprint density at radius 1 is 1.57 bits per heavy atom. The summed E-state index contributed by atoms with van der Waals surface area (Å²) in [5.41, 5.74) is -0.502. The van der Waals surface area contributed by atoms with E-state index in [-0.39, 0.29) is 5.37 Å². The van der Waals surface area contributed by atoms with Gasteiger partial charge in [0.2, 0.25) is 0 Å². The number of nitrogens with zero attached hydrogens (tertiary/aromatic N) is 1. The van der Waals surface area contributed by atoms with Gasteiger partial charge in [0.1, 0.15) is 11.0 Å². The zero-order chi connectivity index (χ0) is 10.8. The molecule has 1 rings (SSSR count). The quantitative estimate of drug-likeness (QED) is 0.624. The van der Waals surface area contributed by atoms with E-state index in [2.05, 4.69) is 0 Å². The number of carbonyl (C=O) groups excluding carboxylic acids is 2. The number of ether oxygens (including phenoxy) is 1. The van der Waals surface area contributed by atoms with Crippen LogP contribution in [0.1, 0.15) is 20.8 Å². The lowest BCUT2D eigenvalue weighted by atomic mass is 10.2. The second-order valence-electron chi connectivity index (χ2n) is 4.07. The zero-order valence-electron chi connectivity index (χ0n) is 8.65. The smallest absolute Gasteiger partial charge is 0.411 e. The first kappa shape index (κ1) is 11.4. The molecule has 0 radical (unpaired) electrons. The number of carbonyl (C=O) groups is 2. The minimum Gasteiger partial charge on any atom is -0.444 e. The summed E-state index contributed by atoms with van der Waals surface area (Å²) in [6.45, 7) is 6.01. The minimum absolute atomic E-state index is 0.371. The Bertz CT molecular complexity index is 237. The molecule has 1 saturated heterocycles. The van der Waals surface area contributed by atoms with Gasteiger partial charge in [-0.3, -0.25) is 4.90 Å². The summed E-state index contributed by atoms with van der Waals surface area (Å²) < 4.78 is 5.17. The monoisotopic (exact) mass is 217 g/mol. The van der Waals surface area contributed by atoms with Crippen LogP contribution in [0.5, 0.6) is 0 Å². The number of aldehydes is 1. The second-order valence-corrected chi connectivity index (χ2v) is 5.30. The van der Waals surface area contributed by atoms with Crippen LogP contribution in [0.15, 0.2) is 0 Å². The third kappa shape index (κ3) is 2.90. The van der Waals surface area contributed by atoms with E-state index in [1.54, 1.807) is 0 Å². The van der Waals surface area contributed by atoms with Crippen LogP contribution in [-0.2, 0) is 9.53 Å².